The third-order valence-electron chi connectivity index (χ3n) is 4.93. The molecule has 3 heterocycles. The zero-order valence-corrected chi connectivity index (χ0v) is 19.2. The van der Waals surface area contributed by atoms with Crippen LogP contribution in [0.3, 0.4) is 0 Å². The summed E-state index contributed by atoms with van der Waals surface area (Å²) in [7, 11) is -1.09. The first-order chi connectivity index (χ1) is 12.2. The van der Waals surface area contributed by atoms with Gasteiger partial charge in [-0.25, -0.2) is 14.4 Å². The van der Waals surface area contributed by atoms with E-state index in [2.05, 4.69) is 47.2 Å². The van der Waals surface area contributed by atoms with Crippen LogP contribution in [0, 0.1) is 9.49 Å². The van der Waals surface area contributed by atoms with Crippen molar-refractivity contribution in [3.8, 4) is 0 Å². The molecule has 1 saturated heterocycles. The molecule has 144 valence electrons. The first-order valence-electron chi connectivity index (χ1n) is 9.23. The van der Waals surface area contributed by atoms with Crippen molar-refractivity contribution in [3.63, 3.8) is 0 Å². The van der Waals surface area contributed by atoms with Crippen LogP contribution in [0.1, 0.15) is 13.3 Å². The molecule has 0 bridgehead atoms. The Kier molecular flexibility index (Phi) is 6.23. The number of fused-ring (bicyclic) bond motifs is 1. The van der Waals surface area contributed by atoms with Gasteiger partial charge in [0.2, 0.25) is 0 Å². The third kappa shape index (κ3) is 4.75. The fourth-order valence-corrected chi connectivity index (χ4v) is 4.49. The molecule has 26 heavy (non-hydrogen) atoms. The number of rotatable bonds is 6. The number of hydrogen-bond acceptors (Lipinski definition) is 4. The predicted octanol–water partition coefficient (Wildman–Crippen LogP) is 4.53. The fourth-order valence-electron chi connectivity index (χ4n) is 3.02. The van der Waals surface area contributed by atoms with E-state index in [1.165, 1.54) is 0 Å². The van der Waals surface area contributed by atoms with E-state index in [4.69, 9.17) is 9.72 Å². The van der Waals surface area contributed by atoms with Crippen LogP contribution in [0.2, 0.25) is 25.7 Å². The topological polar surface area (TPSA) is 43.2 Å². The molecule has 1 aliphatic rings. The molecular formula is C18H28FIN4OSi. The zero-order valence-electron chi connectivity index (χ0n) is 16.0. The smallest absolute Gasteiger partial charge is 0.164 e. The summed E-state index contributed by atoms with van der Waals surface area (Å²) >= 11 is 2.28. The van der Waals surface area contributed by atoms with Crippen molar-refractivity contribution in [1.29, 1.82) is 0 Å². The molecule has 0 aromatic carbocycles. The molecule has 2 aromatic rings. The maximum absolute atomic E-state index is 14.1. The number of piperidine rings is 1. The number of hydrogen-bond donors (Lipinski definition) is 0. The lowest BCUT2D eigenvalue weighted by molar-refractivity contribution is 0.0898. The predicted molar refractivity (Wildman–Crippen MR) is 115 cm³/mol. The van der Waals surface area contributed by atoms with Gasteiger partial charge in [0.05, 0.1) is 16.3 Å². The van der Waals surface area contributed by atoms with E-state index in [0.717, 1.165) is 46.2 Å². The van der Waals surface area contributed by atoms with Gasteiger partial charge in [0.25, 0.3) is 0 Å². The van der Waals surface area contributed by atoms with Gasteiger partial charge in [-0.3, -0.25) is 0 Å². The Labute approximate surface area is 169 Å². The second-order valence-corrected chi connectivity index (χ2v) is 15.2. The molecule has 0 saturated carbocycles. The van der Waals surface area contributed by atoms with Gasteiger partial charge < -0.3 is 14.2 Å². The van der Waals surface area contributed by atoms with Crippen LogP contribution in [-0.2, 0) is 11.5 Å². The zero-order chi connectivity index (χ0) is 18.9. The normalized spacial score (nSPS) is 21.5. The highest BCUT2D eigenvalue weighted by atomic mass is 127. The van der Waals surface area contributed by atoms with E-state index in [0.29, 0.717) is 13.3 Å². The monoisotopic (exact) mass is 490 g/mol. The van der Waals surface area contributed by atoms with E-state index < -0.39 is 14.2 Å². The van der Waals surface area contributed by atoms with Crippen LogP contribution in [0.5, 0.6) is 0 Å². The maximum Gasteiger partial charge on any atom is 0.164 e. The van der Waals surface area contributed by atoms with Gasteiger partial charge in [-0.1, -0.05) is 26.6 Å². The molecule has 0 unspecified atom stereocenters. The molecule has 8 heteroatoms. The first kappa shape index (κ1) is 20.0. The molecule has 0 amide bonds. The summed E-state index contributed by atoms with van der Waals surface area (Å²) in [5.41, 5.74) is 1.69. The Morgan fingerprint density at radius 3 is 2.85 bits per heavy atom. The van der Waals surface area contributed by atoms with Crippen molar-refractivity contribution in [2.75, 3.05) is 24.6 Å². The van der Waals surface area contributed by atoms with E-state index in [-0.39, 0.29) is 5.92 Å². The molecule has 2 atom stereocenters. The maximum atomic E-state index is 14.1. The second-order valence-electron chi connectivity index (χ2n) is 8.42. The second kappa shape index (κ2) is 8.10. The Bertz CT molecular complexity index is 763. The van der Waals surface area contributed by atoms with Crippen LogP contribution in [0.25, 0.3) is 11.2 Å². The van der Waals surface area contributed by atoms with Gasteiger partial charge in [-0.05, 0) is 41.0 Å². The van der Waals surface area contributed by atoms with Gasteiger partial charge in [-0.2, -0.15) is 0 Å². The highest BCUT2D eigenvalue weighted by Gasteiger charge is 2.27. The lowest BCUT2D eigenvalue weighted by Crippen LogP contribution is -2.41. The summed E-state index contributed by atoms with van der Waals surface area (Å²) in [6.45, 7) is 11.5. The van der Waals surface area contributed by atoms with Crippen LogP contribution >= 0.6 is 22.6 Å². The molecule has 0 N–H and O–H groups in total. The Morgan fingerprint density at radius 2 is 2.15 bits per heavy atom. The molecule has 1 aliphatic heterocycles. The Morgan fingerprint density at radius 1 is 1.38 bits per heavy atom. The summed E-state index contributed by atoms with van der Waals surface area (Å²) in [6, 6.07) is 1.14. The number of halogens is 2. The lowest BCUT2D eigenvalue weighted by atomic mass is 9.97. The SMILES string of the molecule is C[C@@H]1CCN(c2cnc3c(I)cn(COCC[Si](C)(C)C)c3n2)C[C@@H]1F. The molecule has 0 aliphatic carbocycles. The van der Waals surface area contributed by atoms with Crippen LogP contribution in [0.15, 0.2) is 12.4 Å². The molecule has 3 rings (SSSR count). The number of ether oxygens (including phenoxy) is 1. The van der Waals surface area contributed by atoms with Crippen molar-refractivity contribution in [2.45, 2.75) is 51.9 Å². The number of alkyl halides is 1. The third-order valence-corrected chi connectivity index (χ3v) is 7.42. The van der Waals surface area contributed by atoms with Gasteiger partial charge in [0, 0.05) is 27.4 Å². The van der Waals surface area contributed by atoms with E-state index >= 15 is 0 Å². The highest BCUT2D eigenvalue weighted by molar-refractivity contribution is 14.1. The average Bonchev–Trinajstić information content (AvgIpc) is 2.89. The minimum Gasteiger partial charge on any atom is -0.361 e. The van der Waals surface area contributed by atoms with Crippen molar-refractivity contribution in [2.24, 2.45) is 5.92 Å². The van der Waals surface area contributed by atoms with Crippen molar-refractivity contribution >= 4 is 47.6 Å². The van der Waals surface area contributed by atoms with Gasteiger partial charge >= 0.3 is 0 Å². The van der Waals surface area contributed by atoms with Crippen molar-refractivity contribution in [1.82, 2.24) is 14.5 Å². The van der Waals surface area contributed by atoms with Gasteiger partial charge in [0.15, 0.2) is 5.65 Å². The van der Waals surface area contributed by atoms with E-state index in [1.54, 1.807) is 6.20 Å². The summed E-state index contributed by atoms with van der Waals surface area (Å²) in [4.78, 5) is 11.4. The summed E-state index contributed by atoms with van der Waals surface area (Å²) < 4.78 is 23.1. The largest absolute Gasteiger partial charge is 0.361 e. The number of aromatic nitrogens is 3. The minimum atomic E-state index is -1.09. The molecule has 5 nitrogen and oxygen atoms in total. The standard InChI is InChI=1S/C18H28FIN4OSi/c1-13-5-6-23(10-14(13)19)16-9-21-17-15(20)11-24(18(17)22-16)12-25-7-8-26(2,3)4/h9,11,13-14H,5-8,10,12H2,1-4H3/t13-,14+/m1/s1. The average molecular weight is 490 g/mol. The quantitative estimate of drug-likeness (QED) is 0.339. The van der Waals surface area contributed by atoms with Crippen LogP contribution < -0.4 is 4.90 Å². The van der Waals surface area contributed by atoms with Gasteiger partial charge in [0.1, 0.15) is 24.2 Å². The Balaban J connectivity index is 1.75. The Hall–Kier alpha value is -0.743. The number of nitrogens with zero attached hydrogens (tertiary/aromatic N) is 4. The first-order valence-corrected chi connectivity index (χ1v) is 14.0. The van der Waals surface area contributed by atoms with Crippen molar-refractivity contribution in [3.05, 3.63) is 16.0 Å². The lowest BCUT2D eigenvalue weighted by Gasteiger charge is -2.33. The number of anilines is 1. The molecule has 0 radical (unpaired) electrons. The van der Waals surface area contributed by atoms with Gasteiger partial charge in [-0.15, -0.1) is 0 Å². The van der Waals surface area contributed by atoms with Crippen LogP contribution in [-0.4, -0.2) is 48.5 Å². The fraction of sp³-hybridized carbons (Fsp3) is 0.667. The molecule has 2 aromatic heterocycles. The van der Waals surface area contributed by atoms with Crippen molar-refractivity contribution < 1.29 is 9.13 Å². The molecular weight excluding hydrogens is 462 g/mol. The highest BCUT2D eigenvalue weighted by Crippen LogP contribution is 2.26. The molecule has 0 spiro atoms. The summed E-state index contributed by atoms with van der Waals surface area (Å²) in [6.07, 6.45) is 3.83. The van der Waals surface area contributed by atoms with Crippen LogP contribution in [0.4, 0.5) is 10.2 Å². The van der Waals surface area contributed by atoms with E-state index in [9.17, 15) is 4.39 Å². The summed E-state index contributed by atoms with van der Waals surface area (Å²) in [5, 5.41) is 0. The summed E-state index contributed by atoms with van der Waals surface area (Å²) in [5.74, 6) is 0.873. The minimum absolute atomic E-state index is 0.118. The van der Waals surface area contributed by atoms with E-state index in [1.807, 2.05) is 22.6 Å². The molecule has 1 fully saturated rings.